The van der Waals surface area contributed by atoms with Gasteiger partial charge in [-0.3, -0.25) is 24.1 Å². The lowest BCUT2D eigenvalue weighted by molar-refractivity contribution is -0.241. The van der Waals surface area contributed by atoms with Crippen molar-refractivity contribution in [1.29, 1.82) is 0 Å². The number of methoxy groups -OCH3 is 1. The zero-order valence-electron chi connectivity index (χ0n) is 20.0. The van der Waals surface area contributed by atoms with Crippen LogP contribution in [0.3, 0.4) is 0 Å². The summed E-state index contributed by atoms with van der Waals surface area (Å²) < 4.78 is 55.9. The molecule has 0 rings (SSSR count). The minimum atomic E-state index is -5.27. The van der Waals surface area contributed by atoms with Crippen molar-refractivity contribution in [2.45, 2.75) is 44.4 Å². The fourth-order valence-electron chi connectivity index (χ4n) is 2.57. The van der Waals surface area contributed by atoms with Crippen LogP contribution in [0.15, 0.2) is 0 Å². The molecule has 3 atom stereocenters. The Balaban J connectivity index is 5.25. The van der Waals surface area contributed by atoms with E-state index in [1.165, 1.54) is 7.11 Å². The van der Waals surface area contributed by atoms with Gasteiger partial charge in [-0.2, -0.15) is 8.78 Å². The SMILES string of the molecule is COCCOCCOCC(=O)N[C@@H](C)C(=O)N[C@@H](C)C(=O)N([C@@H](CC(=O)O)C(=O)O)C(F)(F)C(=O)OF. The van der Waals surface area contributed by atoms with Gasteiger partial charge in [0.1, 0.15) is 24.7 Å². The van der Waals surface area contributed by atoms with Crippen molar-refractivity contribution in [3.05, 3.63) is 0 Å². The number of carbonyl (C=O) groups is 6. The molecule has 0 aromatic rings. The second kappa shape index (κ2) is 16.3. The summed E-state index contributed by atoms with van der Waals surface area (Å²) in [5, 5.41) is 22.1. The van der Waals surface area contributed by atoms with Crippen LogP contribution in [0.1, 0.15) is 20.3 Å². The number of carboxylic acid groups (broad SMARTS) is 2. The van der Waals surface area contributed by atoms with E-state index in [1.54, 1.807) is 0 Å². The minimum absolute atomic E-state index is 0.0374. The first-order valence-electron chi connectivity index (χ1n) is 10.4. The van der Waals surface area contributed by atoms with Crippen molar-refractivity contribution in [2.24, 2.45) is 0 Å². The zero-order chi connectivity index (χ0) is 28.8. The van der Waals surface area contributed by atoms with E-state index in [0.29, 0.717) is 13.2 Å². The first kappa shape index (κ1) is 33.5. The summed E-state index contributed by atoms with van der Waals surface area (Å²) in [6.45, 7) is 2.32. The Kier molecular flexibility index (Phi) is 14.7. The Morgan fingerprint density at radius 3 is 2.00 bits per heavy atom. The number of aliphatic carboxylic acids is 2. The normalized spacial score (nSPS) is 13.6. The quantitative estimate of drug-likeness (QED) is 0.114. The number of rotatable bonds is 18. The monoisotopic (exact) mass is 547 g/mol. The number of nitrogens with zero attached hydrogens (tertiary/aromatic N) is 1. The number of nitrogens with one attached hydrogen (secondary N) is 2. The van der Waals surface area contributed by atoms with Gasteiger partial charge in [0.15, 0.2) is 0 Å². The van der Waals surface area contributed by atoms with Crippen LogP contribution < -0.4 is 10.6 Å². The lowest BCUT2D eigenvalue weighted by atomic mass is 10.1. The van der Waals surface area contributed by atoms with Gasteiger partial charge < -0.3 is 35.1 Å². The van der Waals surface area contributed by atoms with Gasteiger partial charge >= 0.3 is 24.0 Å². The molecule has 0 aliphatic carbocycles. The standard InChI is InChI=1S/C19H28F3N3O12/c1-10(23-13(26)9-36-7-6-35-5-4-34-3)15(29)24-11(2)16(30)25(19(20,21)18(33)37-22)12(17(31)32)8-14(27)28/h10-12H,4-9H2,1-3H3,(H,23,26)(H,24,29)(H,27,28)(H,31,32)/t10-,11-,12-/m0/s1. The highest BCUT2D eigenvalue weighted by Crippen LogP contribution is 2.27. The van der Waals surface area contributed by atoms with Gasteiger partial charge in [0, 0.05) is 11.6 Å². The second-order valence-corrected chi connectivity index (χ2v) is 7.24. The molecule has 0 radical (unpaired) electrons. The predicted molar refractivity (Wildman–Crippen MR) is 111 cm³/mol. The van der Waals surface area contributed by atoms with Gasteiger partial charge in [0.25, 0.3) is 5.91 Å². The molecule has 0 saturated carbocycles. The van der Waals surface area contributed by atoms with Gasteiger partial charge in [-0.15, -0.1) is 0 Å². The third-order valence-electron chi connectivity index (χ3n) is 4.36. The first-order chi connectivity index (χ1) is 17.2. The molecule has 0 unspecified atom stereocenters. The number of ether oxygens (including phenoxy) is 3. The van der Waals surface area contributed by atoms with E-state index in [1.807, 2.05) is 5.32 Å². The molecule has 0 aromatic heterocycles. The lowest BCUT2D eigenvalue weighted by Crippen LogP contribution is -2.63. The first-order valence-corrected chi connectivity index (χ1v) is 10.4. The maximum Gasteiger partial charge on any atom is 0.440 e. The molecule has 4 N–H and O–H groups in total. The Hall–Kier alpha value is -3.51. The highest BCUT2D eigenvalue weighted by molar-refractivity contribution is 5.96. The third-order valence-corrected chi connectivity index (χ3v) is 4.36. The molecular formula is C19H28F3N3O12. The van der Waals surface area contributed by atoms with E-state index in [2.05, 4.69) is 10.3 Å². The number of hydrogen-bond donors (Lipinski definition) is 4. The number of hydrogen-bond acceptors (Lipinski definition) is 10. The summed E-state index contributed by atoms with van der Waals surface area (Å²) in [6, 6.07) is -11.5. The van der Waals surface area contributed by atoms with Crippen LogP contribution >= 0.6 is 0 Å². The Morgan fingerprint density at radius 1 is 0.919 bits per heavy atom. The van der Waals surface area contributed by atoms with E-state index in [9.17, 15) is 42.1 Å². The van der Waals surface area contributed by atoms with E-state index in [0.717, 1.165) is 13.8 Å². The molecule has 212 valence electrons. The number of alkyl halides is 2. The summed E-state index contributed by atoms with van der Waals surface area (Å²) in [4.78, 5) is 71.7. The summed E-state index contributed by atoms with van der Waals surface area (Å²) >= 11 is 0. The van der Waals surface area contributed by atoms with E-state index in [4.69, 9.17) is 24.4 Å². The molecule has 0 bridgehead atoms. The zero-order valence-corrected chi connectivity index (χ0v) is 20.0. The smallest absolute Gasteiger partial charge is 0.440 e. The average molecular weight is 547 g/mol. The van der Waals surface area contributed by atoms with Crippen LogP contribution in [0, 0.1) is 0 Å². The molecule has 0 saturated heterocycles. The highest BCUT2D eigenvalue weighted by atomic mass is 19.3. The second-order valence-electron chi connectivity index (χ2n) is 7.24. The van der Waals surface area contributed by atoms with Gasteiger partial charge in [-0.1, -0.05) is 0 Å². The van der Waals surface area contributed by atoms with Crippen molar-refractivity contribution in [2.75, 3.05) is 40.1 Å². The Morgan fingerprint density at radius 2 is 1.49 bits per heavy atom. The number of carbonyl (C=O) groups excluding carboxylic acids is 4. The number of amides is 3. The summed E-state index contributed by atoms with van der Waals surface area (Å²) in [7, 11) is 1.48. The molecule has 0 spiro atoms. The van der Waals surface area contributed by atoms with E-state index >= 15 is 0 Å². The maximum atomic E-state index is 14.4. The van der Waals surface area contributed by atoms with Crippen LogP contribution in [0.5, 0.6) is 0 Å². The van der Waals surface area contributed by atoms with Crippen molar-refractivity contribution in [3.63, 3.8) is 0 Å². The van der Waals surface area contributed by atoms with Crippen LogP contribution in [0.25, 0.3) is 0 Å². The van der Waals surface area contributed by atoms with Crippen LogP contribution in [-0.2, 0) is 47.9 Å². The molecule has 0 heterocycles. The molecule has 3 amide bonds. The molecule has 37 heavy (non-hydrogen) atoms. The predicted octanol–water partition coefficient (Wildman–Crippen LogP) is -1.55. The van der Waals surface area contributed by atoms with E-state index in [-0.39, 0.29) is 13.2 Å². The number of carboxylic acids is 2. The van der Waals surface area contributed by atoms with Crippen molar-refractivity contribution < 1.29 is 71.4 Å². The fraction of sp³-hybridized carbons (Fsp3) is 0.684. The molecule has 15 nitrogen and oxygen atoms in total. The molecule has 0 aliphatic heterocycles. The van der Waals surface area contributed by atoms with Crippen LogP contribution in [-0.4, -0.2) is 115 Å². The van der Waals surface area contributed by atoms with Gasteiger partial charge in [0.2, 0.25) is 11.8 Å². The number of halogens is 3. The van der Waals surface area contributed by atoms with Gasteiger partial charge in [0.05, 0.1) is 32.8 Å². The third kappa shape index (κ3) is 11.4. The molecule has 0 aliphatic rings. The molecule has 0 aromatic carbocycles. The largest absolute Gasteiger partial charge is 0.481 e. The lowest BCUT2D eigenvalue weighted by Gasteiger charge is -2.34. The van der Waals surface area contributed by atoms with Crippen LogP contribution in [0.2, 0.25) is 0 Å². The van der Waals surface area contributed by atoms with Crippen LogP contribution in [0.4, 0.5) is 13.3 Å². The van der Waals surface area contributed by atoms with Crippen molar-refractivity contribution in [3.8, 4) is 0 Å². The molecule has 18 heteroatoms. The molecular weight excluding hydrogens is 519 g/mol. The van der Waals surface area contributed by atoms with Crippen molar-refractivity contribution >= 4 is 35.6 Å². The summed E-state index contributed by atoms with van der Waals surface area (Å²) in [5.74, 6) is -11.1. The highest BCUT2D eigenvalue weighted by Gasteiger charge is 2.56. The summed E-state index contributed by atoms with van der Waals surface area (Å²) in [5.41, 5.74) is 0. The molecule has 0 fully saturated rings. The minimum Gasteiger partial charge on any atom is -0.481 e. The van der Waals surface area contributed by atoms with E-state index < -0.39 is 77.7 Å². The van der Waals surface area contributed by atoms with Crippen molar-refractivity contribution in [1.82, 2.24) is 15.5 Å². The summed E-state index contributed by atoms with van der Waals surface area (Å²) in [6.07, 6.45) is -1.61. The average Bonchev–Trinajstić information content (AvgIpc) is 2.81. The Labute approximate surface area is 208 Å². The Bertz CT molecular complexity index is 829. The van der Waals surface area contributed by atoms with Gasteiger partial charge in [-0.25, -0.2) is 14.5 Å². The van der Waals surface area contributed by atoms with Gasteiger partial charge in [-0.05, 0) is 13.8 Å². The topological polar surface area (TPSA) is 207 Å². The maximum absolute atomic E-state index is 14.4. The fourth-order valence-corrected chi connectivity index (χ4v) is 2.57.